The summed E-state index contributed by atoms with van der Waals surface area (Å²) in [6, 6.07) is 22.8. The van der Waals surface area contributed by atoms with Crippen molar-refractivity contribution < 1.29 is 22.7 Å². The molecule has 1 aliphatic rings. The van der Waals surface area contributed by atoms with E-state index in [1.807, 2.05) is 54.6 Å². The second-order valence-corrected chi connectivity index (χ2v) is 12.5. The first kappa shape index (κ1) is 31.3. The molecule has 9 heteroatoms. The maximum absolute atomic E-state index is 13.9. The van der Waals surface area contributed by atoms with E-state index in [0.29, 0.717) is 31.8 Å². The number of rotatable bonds is 14. The minimum Gasteiger partial charge on any atom is -0.497 e. The first-order valence-electron chi connectivity index (χ1n) is 14.7. The number of sulfonamides is 1. The molecule has 0 radical (unpaired) electrons. The number of methoxy groups -OCH3 is 1. The number of nitrogens with one attached hydrogen (secondary N) is 1. The standard InChI is InChI=1S/C33H41N3O5S/c1-3-4-22-34-33(38)32(28-10-6-5-7-11-28)36(25-27-12-17-29(41-2)18-13-27)31(37)21-16-26-14-19-30(20-15-26)42(39,40)35-23-8-9-24-35/h5-7,10-15,17-20,32H,3-4,8-9,16,21-25H2,1-2H3,(H,34,38)/t32-/m1/s1. The van der Waals surface area contributed by atoms with Gasteiger partial charge >= 0.3 is 0 Å². The summed E-state index contributed by atoms with van der Waals surface area (Å²) in [6.45, 7) is 3.95. The fraction of sp³-hybridized carbons (Fsp3) is 0.394. The van der Waals surface area contributed by atoms with Crippen LogP contribution in [0.4, 0.5) is 0 Å². The Hall–Kier alpha value is -3.69. The molecule has 2 amide bonds. The van der Waals surface area contributed by atoms with Crippen molar-refractivity contribution in [1.29, 1.82) is 0 Å². The molecule has 3 aromatic carbocycles. The molecule has 1 fully saturated rings. The highest BCUT2D eigenvalue weighted by molar-refractivity contribution is 7.89. The molecule has 0 bridgehead atoms. The molecule has 0 saturated carbocycles. The molecule has 0 spiro atoms. The Balaban J connectivity index is 1.56. The van der Waals surface area contributed by atoms with Gasteiger partial charge in [-0.15, -0.1) is 0 Å². The fourth-order valence-electron chi connectivity index (χ4n) is 5.14. The molecule has 3 aromatic rings. The van der Waals surface area contributed by atoms with Crippen LogP contribution in [0, 0.1) is 0 Å². The second kappa shape index (κ2) is 15.0. The summed E-state index contributed by atoms with van der Waals surface area (Å²) in [6.07, 6.45) is 4.15. The zero-order chi connectivity index (χ0) is 30.0. The molecule has 4 rings (SSSR count). The number of hydrogen-bond acceptors (Lipinski definition) is 5. The largest absolute Gasteiger partial charge is 0.497 e. The van der Waals surface area contributed by atoms with Gasteiger partial charge in [-0.05, 0) is 66.6 Å². The number of nitrogens with zero attached hydrogens (tertiary/aromatic N) is 2. The summed E-state index contributed by atoms with van der Waals surface area (Å²) in [7, 11) is -1.89. The Labute approximate surface area is 249 Å². The number of carbonyl (C=O) groups is 2. The Bertz CT molecular complexity index is 1400. The van der Waals surface area contributed by atoms with Gasteiger partial charge in [0, 0.05) is 32.6 Å². The summed E-state index contributed by atoms with van der Waals surface area (Å²) < 4.78 is 32.6. The van der Waals surface area contributed by atoms with E-state index in [9.17, 15) is 18.0 Å². The van der Waals surface area contributed by atoms with E-state index in [0.717, 1.165) is 42.4 Å². The number of carbonyl (C=O) groups excluding carboxylic acids is 2. The van der Waals surface area contributed by atoms with Crippen LogP contribution in [-0.2, 0) is 32.6 Å². The Morgan fingerprint density at radius 2 is 1.57 bits per heavy atom. The van der Waals surface area contributed by atoms with Gasteiger partial charge in [0.25, 0.3) is 0 Å². The van der Waals surface area contributed by atoms with Gasteiger partial charge in [-0.1, -0.05) is 67.9 Å². The number of aryl methyl sites for hydroxylation is 1. The van der Waals surface area contributed by atoms with E-state index in [1.54, 1.807) is 36.3 Å². The second-order valence-electron chi connectivity index (χ2n) is 10.6. The van der Waals surface area contributed by atoms with E-state index < -0.39 is 16.1 Å². The molecule has 0 aromatic heterocycles. The quantitative estimate of drug-likeness (QED) is 0.263. The minimum atomic E-state index is -3.50. The topological polar surface area (TPSA) is 96.0 Å². The van der Waals surface area contributed by atoms with Crippen LogP contribution < -0.4 is 10.1 Å². The van der Waals surface area contributed by atoms with Crippen molar-refractivity contribution in [2.24, 2.45) is 0 Å². The lowest BCUT2D eigenvalue weighted by Crippen LogP contribution is -2.43. The normalized spacial score (nSPS) is 14.3. The van der Waals surface area contributed by atoms with Crippen molar-refractivity contribution in [3.8, 4) is 5.75 Å². The van der Waals surface area contributed by atoms with Crippen molar-refractivity contribution in [2.45, 2.75) is 62.9 Å². The van der Waals surface area contributed by atoms with E-state index in [2.05, 4.69) is 12.2 Å². The highest BCUT2D eigenvalue weighted by Crippen LogP contribution is 2.26. The van der Waals surface area contributed by atoms with Crippen LogP contribution in [0.15, 0.2) is 83.8 Å². The lowest BCUT2D eigenvalue weighted by molar-refractivity contribution is -0.141. The van der Waals surface area contributed by atoms with E-state index in [4.69, 9.17) is 4.74 Å². The first-order valence-corrected chi connectivity index (χ1v) is 16.1. The van der Waals surface area contributed by atoms with Crippen molar-refractivity contribution >= 4 is 21.8 Å². The van der Waals surface area contributed by atoms with Gasteiger partial charge in [0.05, 0.1) is 12.0 Å². The summed E-state index contributed by atoms with van der Waals surface area (Å²) in [4.78, 5) is 29.4. The number of amides is 2. The van der Waals surface area contributed by atoms with Crippen LogP contribution in [0.3, 0.4) is 0 Å². The average molecular weight is 592 g/mol. The van der Waals surface area contributed by atoms with Gasteiger partial charge < -0.3 is 15.0 Å². The number of unbranched alkanes of at least 4 members (excludes halogenated alkanes) is 1. The van der Waals surface area contributed by atoms with Crippen molar-refractivity contribution in [1.82, 2.24) is 14.5 Å². The van der Waals surface area contributed by atoms with Gasteiger partial charge in [0.1, 0.15) is 11.8 Å². The zero-order valence-electron chi connectivity index (χ0n) is 24.5. The summed E-state index contributed by atoms with van der Waals surface area (Å²) in [5, 5.41) is 3.03. The molecule has 42 heavy (non-hydrogen) atoms. The first-order chi connectivity index (χ1) is 20.3. The summed E-state index contributed by atoms with van der Waals surface area (Å²) >= 11 is 0. The summed E-state index contributed by atoms with van der Waals surface area (Å²) in [5.41, 5.74) is 2.48. The van der Waals surface area contributed by atoms with Gasteiger partial charge in [0.15, 0.2) is 0 Å². The van der Waals surface area contributed by atoms with Crippen LogP contribution in [0.2, 0.25) is 0 Å². The van der Waals surface area contributed by atoms with Gasteiger partial charge in [-0.2, -0.15) is 4.31 Å². The smallest absolute Gasteiger partial charge is 0.247 e. The Morgan fingerprint density at radius 1 is 0.929 bits per heavy atom. The molecule has 0 unspecified atom stereocenters. The SMILES string of the molecule is CCCCNC(=O)[C@@H](c1ccccc1)N(Cc1ccc(OC)cc1)C(=O)CCc1ccc(S(=O)(=O)N2CCCC2)cc1. The molecule has 1 atom stereocenters. The molecule has 1 saturated heterocycles. The number of benzene rings is 3. The van der Waals surface area contributed by atoms with Crippen LogP contribution in [0.1, 0.15) is 61.8 Å². The monoisotopic (exact) mass is 591 g/mol. The predicted octanol–water partition coefficient (Wildman–Crippen LogP) is 5.10. The Kier molecular flexibility index (Phi) is 11.1. The minimum absolute atomic E-state index is 0.167. The highest BCUT2D eigenvalue weighted by Gasteiger charge is 2.31. The molecule has 1 aliphatic heterocycles. The van der Waals surface area contributed by atoms with Crippen molar-refractivity contribution in [3.05, 3.63) is 95.6 Å². The molecular formula is C33H41N3O5S. The highest BCUT2D eigenvalue weighted by atomic mass is 32.2. The predicted molar refractivity (Wildman–Crippen MR) is 163 cm³/mol. The molecule has 8 nitrogen and oxygen atoms in total. The molecule has 1 N–H and O–H groups in total. The van der Waals surface area contributed by atoms with E-state index in [1.165, 1.54) is 4.31 Å². The lowest BCUT2D eigenvalue weighted by atomic mass is 10.0. The van der Waals surface area contributed by atoms with Crippen LogP contribution >= 0.6 is 0 Å². The number of hydrogen-bond donors (Lipinski definition) is 1. The van der Waals surface area contributed by atoms with Crippen LogP contribution in [-0.4, -0.2) is 56.2 Å². The number of ether oxygens (including phenoxy) is 1. The molecule has 0 aliphatic carbocycles. The maximum atomic E-state index is 13.9. The third kappa shape index (κ3) is 7.98. The zero-order valence-corrected chi connectivity index (χ0v) is 25.3. The third-order valence-electron chi connectivity index (χ3n) is 7.59. The third-order valence-corrected chi connectivity index (χ3v) is 9.50. The molecular weight excluding hydrogens is 550 g/mol. The Morgan fingerprint density at radius 3 is 2.19 bits per heavy atom. The fourth-order valence-corrected chi connectivity index (χ4v) is 6.66. The van der Waals surface area contributed by atoms with Crippen molar-refractivity contribution in [3.63, 3.8) is 0 Å². The molecule has 1 heterocycles. The van der Waals surface area contributed by atoms with E-state index >= 15 is 0 Å². The summed E-state index contributed by atoms with van der Waals surface area (Å²) in [5.74, 6) is 0.329. The molecule has 224 valence electrons. The van der Waals surface area contributed by atoms with Crippen molar-refractivity contribution in [2.75, 3.05) is 26.7 Å². The lowest BCUT2D eigenvalue weighted by Gasteiger charge is -2.32. The average Bonchev–Trinajstić information content (AvgIpc) is 3.57. The van der Waals surface area contributed by atoms with Gasteiger partial charge in [-0.3, -0.25) is 9.59 Å². The maximum Gasteiger partial charge on any atom is 0.247 e. The van der Waals surface area contributed by atoms with Gasteiger partial charge in [0.2, 0.25) is 21.8 Å². The van der Waals surface area contributed by atoms with E-state index in [-0.39, 0.29) is 29.7 Å². The van der Waals surface area contributed by atoms with Gasteiger partial charge in [-0.25, -0.2) is 8.42 Å². The van der Waals surface area contributed by atoms with Crippen LogP contribution in [0.25, 0.3) is 0 Å². The van der Waals surface area contributed by atoms with Crippen LogP contribution in [0.5, 0.6) is 5.75 Å².